The second-order valence-corrected chi connectivity index (χ2v) is 6.59. The third-order valence-corrected chi connectivity index (χ3v) is 4.63. The maximum atomic E-state index is 13.2. The maximum Gasteiger partial charge on any atom is 0.270 e. The summed E-state index contributed by atoms with van der Waals surface area (Å²) in [6, 6.07) is 18.5. The molecule has 0 N–H and O–H groups in total. The molecule has 4 rings (SSSR count). The van der Waals surface area contributed by atoms with Crippen LogP contribution < -0.4 is 5.56 Å². The molecule has 0 spiro atoms. The molecular formula is C22H14N4O5. The highest BCUT2D eigenvalue weighted by atomic mass is 16.6. The van der Waals surface area contributed by atoms with Crippen LogP contribution in [0.4, 0.5) is 11.4 Å². The van der Waals surface area contributed by atoms with E-state index in [1.54, 1.807) is 48.6 Å². The summed E-state index contributed by atoms with van der Waals surface area (Å²) in [4.78, 5) is 38.7. The maximum absolute atomic E-state index is 13.2. The molecule has 0 amide bonds. The second kappa shape index (κ2) is 7.99. The molecule has 0 fully saturated rings. The van der Waals surface area contributed by atoms with Gasteiger partial charge in [-0.3, -0.25) is 29.6 Å². The molecule has 0 atom stereocenters. The number of benzene rings is 3. The minimum Gasteiger partial charge on any atom is -0.268 e. The van der Waals surface area contributed by atoms with Gasteiger partial charge in [0.15, 0.2) is 0 Å². The smallest absolute Gasteiger partial charge is 0.268 e. The number of rotatable bonds is 5. The molecule has 0 saturated heterocycles. The van der Waals surface area contributed by atoms with Crippen LogP contribution in [-0.2, 0) is 0 Å². The molecule has 0 aliphatic carbocycles. The first kappa shape index (κ1) is 19.6. The average molecular weight is 414 g/mol. The number of para-hydroxylation sites is 1. The van der Waals surface area contributed by atoms with Crippen molar-refractivity contribution >= 4 is 34.4 Å². The highest BCUT2D eigenvalue weighted by Crippen LogP contribution is 2.19. The lowest BCUT2D eigenvalue weighted by Gasteiger charge is -2.11. The van der Waals surface area contributed by atoms with Crippen LogP contribution in [0.1, 0.15) is 11.4 Å². The summed E-state index contributed by atoms with van der Waals surface area (Å²) in [7, 11) is 0. The van der Waals surface area contributed by atoms with Crippen molar-refractivity contribution in [1.82, 2.24) is 9.55 Å². The average Bonchev–Trinajstić information content (AvgIpc) is 2.78. The molecule has 9 heteroatoms. The molecule has 0 radical (unpaired) electrons. The predicted octanol–water partition coefficient (Wildman–Crippen LogP) is 4.37. The lowest BCUT2D eigenvalue weighted by Crippen LogP contribution is -2.22. The van der Waals surface area contributed by atoms with Gasteiger partial charge in [0.25, 0.3) is 16.9 Å². The summed E-state index contributed by atoms with van der Waals surface area (Å²) in [6.45, 7) is 0. The Morgan fingerprint density at radius 3 is 2.23 bits per heavy atom. The Kier molecular flexibility index (Phi) is 5.07. The minimum atomic E-state index is -0.520. The van der Waals surface area contributed by atoms with Crippen molar-refractivity contribution in [3.05, 3.63) is 115 Å². The SMILES string of the molecule is O=c1c2ccccc2nc(/C=C/c2cccc([N+](=O)[O-])c2)n1-c1ccc([N+](=O)[O-])cc1. The lowest BCUT2D eigenvalue weighted by atomic mass is 10.2. The molecule has 31 heavy (non-hydrogen) atoms. The van der Waals surface area contributed by atoms with Crippen LogP contribution in [0.15, 0.2) is 77.6 Å². The summed E-state index contributed by atoms with van der Waals surface area (Å²) in [5.74, 6) is 0.282. The standard InChI is InChI=1S/C22H14N4O5/c27-22-19-6-1-2-7-20(19)23-21(13-8-15-4-3-5-18(14-15)26(30)31)24(22)16-9-11-17(12-10-16)25(28)29/h1-14H/b13-8+. The van der Waals surface area contributed by atoms with Crippen molar-refractivity contribution in [3.8, 4) is 5.69 Å². The van der Waals surface area contributed by atoms with E-state index in [2.05, 4.69) is 4.98 Å². The molecular weight excluding hydrogens is 400 g/mol. The van der Waals surface area contributed by atoms with Gasteiger partial charge in [-0.05, 0) is 35.9 Å². The molecule has 4 aromatic rings. The molecule has 152 valence electrons. The Balaban J connectivity index is 1.88. The van der Waals surface area contributed by atoms with Crippen molar-refractivity contribution in [2.75, 3.05) is 0 Å². The molecule has 1 aromatic heterocycles. The van der Waals surface area contributed by atoms with E-state index < -0.39 is 9.85 Å². The summed E-state index contributed by atoms with van der Waals surface area (Å²) in [5.41, 5.74) is 0.975. The zero-order valence-corrected chi connectivity index (χ0v) is 15.9. The van der Waals surface area contributed by atoms with Crippen LogP contribution >= 0.6 is 0 Å². The lowest BCUT2D eigenvalue weighted by molar-refractivity contribution is -0.385. The predicted molar refractivity (Wildman–Crippen MR) is 116 cm³/mol. The monoisotopic (exact) mass is 414 g/mol. The molecule has 0 unspecified atom stereocenters. The highest BCUT2D eigenvalue weighted by Gasteiger charge is 2.13. The number of non-ortho nitro benzene ring substituents is 2. The summed E-state index contributed by atoms with van der Waals surface area (Å²) in [5, 5.41) is 22.4. The van der Waals surface area contributed by atoms with Gasteiger partial charge in [0.2, 0.25) is 0 Å². The number of aromatic nitrogens is 2. The number of nitro groups is 2. The first-order valence-corrected chi connectivity index (χ1v) is 9.13. The Bertz CT molecular complexity index is 1410. The van der Waals surface area contributed by atoms with Crippen molar-refractivity contribution in [2.24, 2.45) is 0 Å². The summed E-state index contributed by atoms with van der Waals surface area (Å²) >= 11 is 0. The Morgan fingerprint density at radius 2 is 1.52 bits per heavy atom. The van der Waals surface area contributed by atoms with Crippen molar-refractivity contribution in [2.45, 2.75) is 0 Å². The zero-order chi connectivity index (χ0) is 22.0. The molecule has 0 saturated carbocycles. The Morgan fingerprint density at radius 1 is 0.806 bits per heavy atom. The van der Waals surface area contributed by atoms with Gasteiger partial charge in [0, 0.05) is 24.3 Å². The number of hydrogen-bond donors (Lipinski definition) is 0. The fourth-order valence-electron chi connectivity index (χ4n) is 3.15. The second-order valence-electron chi connectivity index (χ2n) is 6.59. The first-order chi connectivity index (χ1) is 14.9. The topological polar surface area (TPSA) is 121 Å². The van der Waals surface area contributed by atoms with Crippen molar-refractivity contribution in [3.63, 3.8) is 0 Å². The van der Waals surface area contributed by atoms with Gasteiger partial charge in [-0.15, -0.1) is 0 Å². The van der Waals surface area contributed by atoms with E-state index in [1.165, 1.54) is 41.0 Å². The Hall–Kier alpha value is -4.66. The van der Waals surface area contributed by atoms with E-state index in [0.717, 1.165) is 0 Å². The third kappa shape index (κ3) is 3.92. The van der Waals surface area contributed by atoms with Gasteiger partial charge >= 0.3 is 0 Å². The van der Waals surface area contributed by atoms with Gasteiger partial charge in [-0.2, -0.15) is 0 Å². The van der Waals surface area contributed by atoms with Gasteiger partial charge < -0.3 is 0 Å². The van der Waals surface area contributed by atoms with Crippen molar-refractivity contribution < 1.29 is 9.85 Å². The Labute approximate surface area is 174 Å². The van der Waals surface area contributed by atoms with Crippen LogP contribution in [-0.4, -0.2) is 19.4 Å². The number of fused-ring (bicyclic) bond motifs is 1. The van der Waals surface area contributed by atoms with Gasteiger partial charge in [-0.25, -0.2) is 4.98 Å². The van der Waals surface area contributed by atoms with Crippen LogP contribution in [0.3, 0.4) is 0 Å². The van der Waals surface area contributed by atoms with Crippen LogP contribution in [0.25, 0.3) is 28.7 Å². The van der Waals surface area contributed by atoms with E-state index >= 15 is 0 Å². The van der Waals surface area contributed by atoms with E-state index in [4.69, 9.17) is 0 Å². The van der Waals surface area contributed by atoms with Gasteiger partial charge in [0.05, 0.1) is 26.4 Å². The summed E-state index contributed by atoms with van der Waals surface area (Å²) in [6.07, 6.45) is 3.19. The molecule has 0 aliphatic rings. The molecule has 0 aliphatic heterocycles. The fourth-order valence-corrected chi connectivity index (χ4v) is 3.15. The zero-order valence-electron chi connectivity index (χ0n) is 15.9. The van der Waals surface area contributed by atoms with E-state index in [-0.39, 0.29) is 22.8 Å². The van der Waals surface area contributed by atoms with E-state index in [0.29, 0.717) is 22.2 Å². The normalized spacial score (nSPS) is 11.1. The quantitative estimate of drug-likeness (QED) is 0.353. The van der Waals surface area contributed by atoms with Gasteiger partial charge in [0.1, 0.15) is 5.82 Å². The van der Waals surface area contributed by atoms with E-state index in [1.807, 2.05) is 0 Å². The van der Waals surface area contributed by atoms with Crippen LogP contribution in [0.5, 0.6) is 0 Å². The third-order valence-electron chi connectivity index (χ3n) is 4.63. The molecule has 0 bridgehead atoms. The van der Waals surface area contributed by atoms with Crippen LogP contribution in [0, 0.1) is 20.2 Å². The number of hydrogen-bond acceptors (Lipinski definition) is 6. The molecule has 3 aromatic carbocycles. The highest BCUT2D eigenvalue weighted by molar-refractivity contribution is 5.80. The molecule has 9 nitrogen and oxygen atoms in total. The van der Waals surface area contributed by atoms with Gasteiger partial charge in [-0.1, -0.05) is 30.3 Å². The first-order valence-electron chi connectivity index (χ1n) is 9.13. The largest absolute Gasteiger partial charge is 0.270 e. The number of nitrogens with zero attached hydrogens (tertiary/aromatic N) is 4. The number of nitro benzene ring substituents is 2. The molecule has 1 heterocycles. The van der Waals surface area contributed by atoms with Crippen molar-refractivity contribution in [1.29, 1.82) is 0 Å². The van der Waals surface area contributed by atoms with Crippen LogP contribution in [0.2, 0.25) is 0 Å². The fraction of sp³-hybridized carbons (Fsp3) is 0. The summed E-state index contributed by atoms with van der Waals surface area (Å²) < 4.78 is 1.35. The van der Waals surface area contributed by atoms with E-state index in [9.17, 15) is 25.0 Å². The minimum absolute atomic E-state index is 0.0543.